The molecule has 1 amide bonds. The lowest BCUT2D eigenvalue weighted by Gasteiger charge is -2.37. The number of carbonyl (C=O) groups is 1. The van der Waals surface area contributed by atoms with Crippen LogP contribution in [-0.2, 0) is 14.3 Å². The molecule has 0 bridgehead atoms. The van der Waals surface area contributed by atoms with Gasteiger partial charge in [0.1, 0.15) is 0 Å². The van der Waals surface area contributed by atoms with Gasteiger partial charge >= 0.3 is 0 Å². The van der Waals surface area contributed by atoms with E-state index < -0.39 is 12.1 Å². The van der Waals surface area contributed by atoms with Gasteiger partial charge in [-0.25, -0.2) is 0 Å². The highest BCUT2D eigenvalue weighted by atomic mass is 35.5. The number of amides is 1. The Kier molecular flexibility index (Phi) is 8.97. The van der Waals surface area contributed by atoms with Gasteiger partial charge in [0.2, 0.25) is 5.91 Å². The minimum atomic E-state index is -0.807. The fourth-order valence-electron chi connectivity index (χ4n) is 6.12. The smallest absolute Gasteiger partial charge is 0.228 e. The van der Waals surface area contributed by atoms with Gasteiger partial charge < -0.3 is 31.6 Å². The zero-order valence-electron chi connectivity index (χ0n) is 19.8. The quantitative estimate of drug-likeness (QED) is 0.217. The van der Waals surface area contributed by atoms with Gasteiger partial charge in [-0.3, -0.25) is 9.79 Å². The molecule has 2 heterocycles. The number of aliphatic imine (C=N–C) groups is 1. The van der Waals surface area contributed by atoms with E-state index in [1.807, 2.05) is 6.21 Å². The minimum Gasteiger partial charge on any atom is -0.382 e. The third-order valence-electron chi connectivity index (χ3n) is 8.15. The predicted octanol–water partition coefficient (Wildman–Crippen LogP) is 1.39. The zero-order chi connectivity index (χ0) is 23.4. The molecule has 184 valence electrons. The largest absolute Gasteiger partial charge is 0.382 e. The number of hydrogen-bond acceptors (Lipinski definition) is 7. The van der Waals surface area contributed by atoms with Crippen molar-refractivity contribution >= 4 is 23.7 Å². The summed E-state index contributed by atoms with van der Waals surface area (Å²) in [5.41, 5.74) is 12.8. The number of carbonyl (C=O) groups excluding carboxylic acids is 1. The van der Waals surface area contributed by atoms with Crippen molar-refractivity contribution in [2.45, 2.75) is 82.1 Å². The molecule has 1 aliphatic carbocycles. The van der Waals surface area contributed by atoms with E-state index in [1.54, 1.807) is 7.11 Å². The molecule has 32 heavy (non-hydrogen) atoms. The monoisotopic (exact) mass is 471 g/mol. The van der Waals surface area contributed by atoms with E-state index in [-0.39, 0.29) is 40.3 Å². The van der Waals surface area contributed by atoms with Crippen molar-refractivity contribution in [3.8, 4) is 0 Å². The first kappa shape index (κ1) is 25.8. The van der Waals surface area contributed by atoms with Crippen LogP contribution in [0.2, 0.25) is 0 Å². The van der Waals surface area contributed by atoms with E-state index in [9.17, 15) is 4.79 Å². The molecule has 1 saturated heterocycles. The van der Waals surface area contributed by atoms with Crippen LogP contribution in [0.4, 0.5) is 0 Å². The van der Waals surface area contributed by atoms with Crippen molar-refractivity contribution < 1.29 is 14.3 Å². The second-order valence-electron chi connectivity index (χ2n) is 9.85. The van der Waals surface area contributed by atoms with Gasteiger partial charge in [0.15, 0.2) is 0 Å². The van der Waals surface area contributed by atoms with Crippen molar-refractivity contribution in [3.05, 3.63) is 0 Å². The number of alkyl halides is 1. The Labute approximate surface area is 197 Å². The summed E-state index contributed by atoms with van der Waals surface area (Å²) in [7, 11) is 1.65. The van der Waals surface area contributed by atoms with Crippen LogP contribution < -0.4 is 22.1 Å². The molecule has 0 aromatic carbocycles. The second-order valence-corrected chi connectivity index (χ2v) is 10.4. The summed E-state index contributed by atoms with van der Waals surface area (Å²) in [6, 6.07) is -0.433. The number of nitrogens with two attached hydrogens (primary N) is 2. The Balaban J connectivity index is 1.75. The Morgan fingerprint density at radius 2 is 2.00 bits per heavy atom. The SMILES string of the molecule is CCC12CC(Cl)C=NC(C(C(=O)NC3CNCCC3OCCOC)C(N)N)CC1(CC)C2. The van der Waals surface area contributed by atoms with Gasteiger partial charge in [0.05, 0.1) is 48.9 Å². The average Bonchev–Trinajstić information content (AvgIpc) is 3.37. The summed E-state index contributed by atoms with van der Waals surface area (Å²) in [5, 5.41) is 6.37. The molecule has 9 heteroatoms. The number of hydrogen-bond donors (Lipinski definition) is 4. The topological polar surface area (TPSA) is 124 Å². The molecular formula is C23H42ClN5O3. The van der Waals surface area contributed by atoms with Gasteiger partial charge in [0, 0.05) is 19.9 Å². The number of piperidine rings is 1. The molecule has 6 N–H and O–H groups in total. The van der Waals surface area contributed by atoms with Crippen molar-refractivity contribution in [1.82, 2.24) is 10.6 Å². The fourth-order valence-corrected chi connectivity index (χ4v) is 6.48. The number of nitrogens with one attached hydrogen (secondary N) is 2. The molecule has 2 fully saturated rings. The first-order chi connectivity index (χ1) is 15.3. The first-order valence-corrected chi connectivity index (χ1v) is 12.5. The standard InChI is InChI=1S/C23H42ClN5O3/c1-4-22-10-15(24)12-28-16(11-23(22,5-2)14-22)19(20(25)26)21(30)29-17-13-27-7-6-18(17)32-9-8-31-3/h12,15-20,27H,4-11,13-14,25-26H2,1-3H3,(H,29,30). The molecule has 2 aliphatic heterocycles. The number of methoxy groups -OCH3 is 1. The number of halogens is 1. The number of nitrogens with zero attached hydrogens (tertiary/aromatic N) is 1. The van der Waals surface area contributed by atoms with Crippen molar-refractivity contribution in [2.24, 2.45) is 33.2 Å². The first-order valence-electron chi connectivity index (χ1n) is 12.1. The fraction of sp³-hybridized carbons (Fsp3) is 0.913. The lowest BCUT2D eigenvalue weighted by molar-refractivity contribution is -0.129. The van der Waals surface area contributed by atoms with Crippen LogP contribution >= 0.6 is 11.6 Å². The normalized spacial score (nSPS) is 38.0. The Hall–Kier alpha value is -0.770. The summed E-state index contributed by atoms with van der Waals surface area (Å²) < 4.78 is 11.1. The third-order valence-corrected chi connectivity index (χ3v) is 8.42. The molecular weight excluding hydrogens is 430 g/mol. The lowest BCUT2D eigenvalue weighted by Crippen LogP contribution is -2.60. The average molecular weight is 472 g/mol. The van der Waals surface area contributed by atoms with E-state index in [0.29, 0.717) is 19.8 Å². The molecule has 7 atom stereocenters. The van der Waals surface area contributed by atoms with Gasteiger partial charge in [-0.05, 0) is 55.9 Å². The second kappa shape index (κ2) is 11.1. The third kappa shape index (κ3) is 5.47. The van der Waals surface area contributed by atoms with Crippen LogP contribution in [0.3, 0.4) is 0 Å². The molecule has 8 nitrogen and oxygen atoms in total. The van der Waals surface area contributed by atoms with Crippen molar-refractivity contribution in [2.75, 3.05) is 33.4 Å². The highest BCUT2D eigenvalue weighted by molar-refractivity contribution is 6.28. The molecule has 7 unspecified atom stereocenters. The molecule has 1 saturated carbocycles. The summed E-state index contributed by atoms with van der Waals surface area (Å²) >= 11 is 6.62. The van der Waals surface area contributed by atoms with Gasteiger partial charge in [-0.1, -0.05) is 13.8 Å². The lowest BCUT2D eigenvalue weighted by atomic mass is 9.77. The maximum atomic E-state index is 13.5. The van der Waals surface area contributed by atoms with Crippen LogP contribution in [0.25, 0.3) is 0 Å². The van der Waals surface area contributed by atoms with Gasteiger partial charge in [0.25, 0.3) is 0 Å². The number of fused-ring (bicyclic) bond motifs is 1. The van der Waals surface area contributed by atoms with E-state index in [2.05, 4.69) is 24.5 Å². The van der Waals surface area contributed by atoms with E-state index in [4.69, 9.17) is 37.5 Å². The van der Waals surface area contributed by atoms with Crippen LogP contribution in [0.1, 0.15) is 52.4 Å². The zero-order valence-corrected chi connectivity index (χ0v) is 20.6. The predicted molar refractivity (Wildman–Crippen MR) is 128 cm³/mol. The molecule has 0 aromatic rings. The van der Waals surface area contributed by atoms with Crippen LogP contribution in [0, 0.1) is 16.7 Å². The summed E-state index contributed by atoms with van der Waals surface area (Å²) in [5.74, 6) is -0.773. The molecule has 3 rings (SSSR count). The molecule has 0 aromatic heterocycles. The minimum absolute atomic E-state index is 0.0730. The summed E-state index contributed by atoms with van der Waals surface area (Å²) in [6.45, 7) is 6.99. The Morgan fingerprint density at radius 3 is 2.66 bits per heavy atom. The summed E-state index contributed by atoms with van der Waals surface area (Å²) in [4.78, 5) is 18.3. The van der Waals surface area contributed by atoms with Crippen LogP contribution in [0.5, 0.6) is 0 Å². The highest BCUT2D eigenvalue weighted by Crippen LogP contribution is 2.73. The van der Waals surface area contributed by atoms with Crippen molar-refractivity contribution in [3.63, 3.8) is 0 Å². The Morgan fingerprint density at radius 1 is 1.28 bits per heavy atom. The maximum Gasteiger partial charge on any atom is 0.228 e. The summed E-state index contributed by atoms with van der Waals surface area (Å²) in [6.07, 6.45) is 6.77. The Bertz CT molecular complexity index is 666. The van der Waals surface area contributed by atoms with Crippen molar-refractivity contribution in [1.29, 1.82) is 0 Å². The van der Waals surface area contributed by atoms with Gasteiger partial charge in [-0.15, -0.1) is 11.6 Å². The number of rotatable bonds is 10. The maximum absolute atomic E-state index is 13.5. The van der Waals surface area contributed by atoms with Crippen LogP contribution in [-0.4, -0.2) is 75.3 Å². The highest BCUT2D eigenvalue weighted by Gasteiger charge is 2.65. The molecule has 0 radical (unpaired) electrons. The number of ether oxygens (including phenoxy) is 2. The van der Waals surface area contributed by atoms with E-state index in [1.165, 1.54) is 0 Å². The van der Waals surface area contributed by atoms with Gasteiger partial charge in [-0.2, -0.15) is 0 Å². The van der Waals surface area contributed by atoms with E-state index in [0.717, 1.165) is 45.1 Å². The molecule has 3 aliphatic rings. The molecule has 0 spiro atoms. The van der Waals surface area contributed by atoms with E-state index >= 15 is 0 Å². The van der Waals surface area contributed by atoms with Crippen LogP contribution in [0.15, 0.2) is 4.99 Å².